The van der Waals surface area contributed by atoms with E-state index in [0.717, 1.165) is 17.1 Å². The minimum atomic E-state index is -0.494. The molecule has 1 nitrogen and oxygen atoms in total. The Morgan fingerprint density at radius 2 is 0.900 bits per heavy atom. The lowest BCUT2D eigenvalue weighted by Crippen LogP contribution is -2.28. The molecule has 0 aliphatic heterocycles. The van der Waals surface area contributed by atoms with Crippen LogP contribution in [0.15, 0.2) is 212 Å². The van der Waals surface area contributed by atoms with E-state index in [4.69, 9.17) is 0 Å². The van der Waals surface area contributed by atoms with Gasteiger partial charge in [-0.1, -0.05) is 178 Å². The van der Waals surface area contributed by atoms with Crippen LogP contribution in [0.5, 0.6) is 0 Å². The SMILES string of the molecule is CC1(C)c2ccccc2-c2cccc(-c3ccc(N(c4ccc5c(c4)C(c4ccccc4)(c4ccccc4)c4ccccc4-5)c4ccc5sc6ccccc6c5c4)cc3)c21. The zero-order valence-electron chi connectivity index (χ0n) is 33.6. The fraction of sp³-hybridized carbons (Fsp3) is 0.0690. The molecule has 9 aromatic carbocycles. The van der Waals surface area contributed by atoms with Gasteiger partial charge in [-0.3, -0.25) is 0 Å². The fourth-order valence-electron chi connectivity index (χ4n) is 10.8. The van der Waals surface area contributed by atoms with Crippen molar-refractivity contribution in [1.82, 2.24) is 0 Å². The van der Waals surface area contributed by atoms with E-state index in [1.807, 2.05) is 11.3 Å². The lowest BCUT2D eigenvalue weighted by atomic mass is 9.67. The second-order valence-corrected chi connectivity index (χ2v) is 17.9. The Hall–Kier alpha value is -7.00. The van der Waals surface area contributed by atoms with E-state index >= 15 is 0 Å². The van der Waals surface area contributed by atoms with Crippen LogP contribution < -0.4 is 4.90 Å². The zero-order chi connectivity index (χ0) is 40.0. The van der Waals surface area contributed by atoms with E-state index in [1.54, 1.807) is 0 Å². The van der Waals surface area contributed by atoms with Crippen LogP contribution in [0.3, 0.4) is 0 Å². The summed E-state index contributed by atoms with van der Waals surface area (Å²) in [5, 5.41) is 2.58. The third kappa shape index (κ3) is 4.98. The standard InChI is InChI=1S/C58H41NS/c1-57(2)51-25-12-9-21-46(51)49-24-15-23-44(56(49)57)38-28-30-41(31-29-38)59(42-33-35-55-50(36-42)48-22-11-14-27-54(48)60-55)43-32-34-47-45-20-10-13-26-52(45)58(53(47)37-43,39-16-5-3-6-17-39)40-18-7-4-8-19-40/h3-37H,1-2H3. The molecular formula is C58H41NS. The predicted octanol–water partition coefficient (Wildman–Crippen LogP) is 15.9. The first-order valence-corrected chi connectivity index (χ1v) is 21.7. The first-order valence-electron chi connectivity index (χ1n) is 20.9. The maximum atomic E-state index is 2.48. The summed E-state index contributed by atoms with van der Waals surface area (Å²) >= 11 is 1.86. The smallest absolute Gasteiger partial charge is 0.0714 e. The summed E-state index contributed by atoms with van der Waals surface area (Å²) in [4.78, 5) is 2.47. The van der Waals surface area contributed by atoms with E-state index in [9.17, 15) is 0 Å². The van der Waals surface area contributed by atoms with E-state index < -0.39 is 5.41 Å². The minimum absolute atomic E-state index is 0.0993. The van der Waals surface area contributed by atoms with Crippen LogP contribution in [0.2, 0.25) is 0 Å². The molecule has 0 amide bonds. The molecule has 60 heavy (non-hydrogen) atoms. The van der Waals surface area contributed by atoms with E-state index in [2.05, 4.69) is 231 Å². The van der Waals surface area contributed by atoms with Crippen LogP contribution in [0, 0.1) is 0 Å². The van der Waals surface area contributed by atoms with Crippen molar-refractivity contribution in [3.8, 4) is 33.4 Å². The van der Waals surface area contributed by atoms with Crippen molar-refractivity contribution in [2.45, 2.75) is 24.7 Å². The topological polar surface area (TPSA) is 3.24 Å². The van der Waals surface area contributed by atoms with E-state index in [0.29, 0.717) is 0 Å². The lowest BCUT2D eigenvalue weighted by Gasteiger charge is -2.35. The Morgan fingerprint density at radius 3 is 1.65 bits per heavy atom. The first-order chi connectivity index (χ1) is 29.5. The summed E-state index contributed by atoms with van der Waals surface area (Å²) in [6.45, 7) is 4.75. The van der Waals surface area contributed by atoms with Gasteiger partial charge >= 0.3 is 0 Å². The van der Waals surface area contributed by atoms with Gasteiger partial charge in [0.15, 0.2) is 0 Å². The number of thiophene rings is 1. The number of fused-ring (bicyclic) bond motifs is 9. The van der Waals surface area contributed by atoms with Crippen LogP contribution in [0.25, 0.3) is 53.6 Å². The normalized spacial score (nSPS) is 14.1. The maximum absolute atomic E-state index is 2.48. The monoisotopic (exact) mass is 783 g/mol. The highest BCUT2D eigenvalue weighted by molar-refractivity contribution is 7.25. The van der Waals surface area contributed by atoms with Gasteiger partial charge in [-0.05, 0) is 115 Å². The summed E-state index contributed by atoms with van der Waals surface area (Å²) in [7, 11) is 0. The van der Waals surface area contributed by atoms with Gasteiger partial charge in [0.2, 0.25) is 0 Å². The number of anilines is 3. The summed E-state index contributed by atoms with van der Waals surface area (Å²) in [6.07, 6.45) is 0. The van der Waals surface area contributed by atoms with Crippen LogP contribution >= 0.6 is 11.3 Å². The molecule has 0 fully saturated rings. The van der Waals surface area contributed by atoms with Gasteiger partial charge in [0.1, 0.15) is 0 Å². The molecule has 0 unspecified atom stereocenters. The molecule has 2 aliphatic carbocycles. The molecule has 0 atom stereocenters. The molecule has 0 saturated heterocycles. The summed E-state index contributed by atoms with van der Waals surface area (Å²) in [6, 6.07) is 79.2. The first kappa shape index (κ1) is 35.0. The molecule has 2 heteroatoms. The number of benzene rings is 9. The molecule has 12 rings (SSSR count). The Bertz CT molecular complexity index is 3240. The molecule has 0 radical (unpaired) electrons. The van der Waals surface area contributed by atoms with Gasteiger partial charge in [0.05, 0.1) is 5.41 Å². The van der Waals surface area contributed by atoms with Crippen molar-refractivity contribution < 1.29 is 0 Å². The van der Waals surface area contributed by atoms with Gasteiger partial charge in [-0.25, -0.2) is 0 Å². The van der Waals surface area contributed by atoms with Gasteiger partial charge < -0.3 is 4.90 Å². The molecule has 10 aromatic rings. The molecular weight excluding hydrogens is 743 g/mol. The highest BCUT2D eigenvalue weighted by atomic mass is 32.1. The Morgan fingerprint density at radius 1 is 0.367 bits per heavy atom. The number of rotatable bonds is 6. The van der Waals surface area contributed by atoms with Crippen molar-refractivity contribution in [3.63, 3.8) is 0 Å². The quantitative estimate of drug-likeness (QED) is 0.162. The van der Waals surface area contributed by atoms with Gasteiger partial charge in [0, 0.05) is 42.6 Å². The van der Waals surface area contributed by atoms with E-state index in [1.165, 1.54) is 86.9 Å². The Balaban J connectivity index is 1.07. The zero-order valence-corrected chi connectivity index (χ0v) is 34.4. The fourth-order valence-corrected chi connectivity index (χ4v) is 11.8. The molecule has 0 N–H and O–H groups in total. The highest BCUT2D eigenvalue weighted by Crippen LogP contribution is 2.58. The summed E-state index contributed by atoms with van der Waals surface area (Å²) < 4.78 is 2.61. The molecule has 0 saturated carbocycles. The van der Waals surface area contributed by atoms with Crippen molar-refractivity contribution in [2.24, 2.45) is 0 Å². The van der Waals surface area contributed by atoms with Gasteiger partial charge in [-0.15, -0.1) is 11.3 Å². The maximum Gasteiger partial charge on any atom is 0.0714 e. The summed E-state index contributed by atoms with van der Waals surface area (Å²) in [5.74, 6) is 0. The predicted molar refractivity (Wildman–Crippen MR) is 254 cm³/mol. The second kappa shape index (κ2) is 13.3. The lowest BCUT2D eigenvalue weighted by molar-refractivity contribution is 0.662. The van der Waals surface area contributed by atoms with Crippen LogP contribution in [0.1, 0.15) is 47.2 Å². The van der Waals surface area contributed by atoms with Crippen LogP contribution in [-0.2, 0) is 10.8 Å². The number of hydrogen-bond donors (Lipinski definition) is 0. The van der Waals surface area contributed by atoms with Crippen molar-refractivity contribution >= 4 is 48.6 Å². The van der Waals surface area contributed by atoms with Crippen molar-refractivity contribution in [3.05, 3.63) is 246 Å². The second-order valence-electron chi connectivity index (χ2n) is 16.8. The third-order valence-electron chi connectivity index (χ3n) is 13.3. The molecule has 1 aromatic heterocycles. The number of hydrogen-bond acceptors (Lipinski definition) is 2. The Labute approximate surface area is 355 Å². The largest absolute Gasteiger partial charge is 0.310 e. The number of nitrogens with zero attached hydrogens (tertiary/aromatic N) is 1. The van der Waals surface area contributed by atoms with Crippen molar-refractivity contribution in [2.75, 3.05) is 4.90 Å². The molecule has 2 aliphatic rings. The average molecular weight is 784 g/mol. The summed E-state index contributed by atoms with van der Waals surface area (Å²) in [5.41, 5.74) is 18.5. The Kier molecular flexibility index (Phi) is 7.73. The molecule has 0 spiro atoms. The minimum Gasteiger partial charge on any atom is -0.310 e. The third-order valence-corrected chi connectivity index (χ3v) is 14.5. The average Bonchev–Trinajstić information content (AvgIpc) is 3.91. The van der Waals surface area contributed by atoms with Gasteiger partial charge in [0.25, 0.3) is 0 Å². The van der Waals surface area contributed by atoms with Crippen LogP contribution in [0.4, 0.5) is 17.1 Å². The highest BCUT2D eigenvalue weighted by Gasteiger charge is 2.46. The van der Waals surface area contributed by atoms with Crippen LogP contribution in [-0.4, -0.2) is 0 Å². The molecule has 1 heterocycles. The van der Waals surface area contributed by atoms with Gasteiger partial charge in [-0.2, -0.15) is 0 Å². The molecule has 0 bridgehead atoms. The molecule has 284 valence electrons. The van der Waals surface area contributed by atoms with Crippen molar-refractivity contribution in [1.29, 1.82) is 0 Å². The van der Waals surface area contributed by atoms with E-state index in [-0.39, 0.29) is 5.41 Å².